The van der Waals surface area contributed by atoms with E-state index in [1.165, 1.54) is 5.69 Å². The van der Waals surface area contributed by atoms with Gasteiger partial charge in [0.2, 0.25) is 0 Å². The van der Waals surface area contributed by atoms with Crippen LogP contribution in [0.2, 0.25) is 0 Å². The second-order valence-corrected chi connectivity index (χ2v) is 4.94. The summed E-state index contributed by atoms with van der Waals surface area (Å²) in [6.45, 7) is 4.11. The van der Waals surface area contributed by atoms with E-state index in [-0.39, 0.29) is 0 Å². The number of imidazole rings is 1. The van der Waals surface area contributed by atoms with E-state index in [4.69, 9.17) is 4.42 Å². The maximum atomic E-state index is 5.46. The summed E-state index contributed by atoms with van der Waals surface area (Å²) < 4.78 is 7.56. The Morgan fingerprint density at radius 2 is 2.05 bits per heavy atom. The average Bonchev–Trinajstić information content (AvgIpc) is 3.16. The summed E-state index contributed by atoms with van der Waals surface area (Å²) in [6, 6.07) is 8.05. The molecule has 1 fully saturated rings. The molecule has 5 nitrogen and oxygen atoms in total. The maximum absolute atomic E-state index is 5.46. The average molecular weight is 268 g/mol. The van der Waals surface area contributed by atoms with Gasteiger partial charge in [-0.25, -0.2) is 4.98 Å². The number of fused-ring (bicyclic) bond motifs is 1. The van der Waals surface area contributed by atoms with Crippen LogP contribution in [-0.4, -0.2) is 35.6 Å². The number of nitrogens with zero attached hydrogens (tertiary/aromatic N) is 3. The molecule has 0 atom stereocenters. The standard InChI is InChI=1S/C15H16N4O/c1-3-12(18-8-5-16-6-9-18)13-11-17-15(19(13)7-1)14-4-2-10-20-14/h1-4,7,10-11,16H,5-6,8-9H2. The third-order valence-electron chi connectivity index (χ3n) is 3.75. The number of piperazine rings is 1. The van der Waals surface area contributed by atoms with Gasteiger partial charge in [0, 0.05) is 32.4 Å². The fraction of sp³-hybridized carbons (Fsp3) is 0.267. The molecule has 4 heterocycles. The predicted octanol–water partition coefficient (Wildman–Crippen LogP) is 2.00. The molecule has 4 rings (SSSR count). The van der Waals surface area contributed by atoms with Crippen molar-refractivity contribution in [1.29, 1.82) is 0 Å². The van der Waals surface area contributed by atoms with Crippen molar-refractivity contribution in [3.8, 4) is 11.6 Å². The molecule has 3 aromatic heterocycles. The van der Waals surface area contributed by atoms with Gasteiger partial charge in [0.05, 0.1) is 23.7 Å². The summed E-state index contributed by atoms with van der Waals surface area (Å²) in [7, 11) is 0. The molecule has 1 N–H and O–H groups in total. The lowest BCUT2D eigenvalue weighted by Crippen LogP contribution is -2.43. The molecular formula is C15H16N4O. The molecule has 0 aromatic carbocycles. The van der Waals surface area contributed by atoms with Crippen molar-refractivity contribution >= 4 is 11.2 Å². The SMILES string of the molecule is c1coc(-c2ncc3c(N4CCNCC4)cccn23)c1. The van der Waals surface area contributed by atoms with Crippen LogP contribution in [0.25, 0.3) is 17.1 Å². The van der Waals surface area contributed by atoms with E-state index >= 15 is 0 Å². The molecular weight excluding hydrogens is 252 g/mol. The normalized spacial score (nSPS) is 15.9. The Morgan fingerprint density at radius 3 is 2.85 bits per heavy atom. The number of aromatic nitrogens is 2. The summed E-state index contributed by atoms with van der Waals surface area (Å²) in [5, 5.41) is 3.38. The Labute approximate surface area is 116 Å². The number of nitrogens with one attached hydrogen (secondary N) is 1. The van der Waals surface area contributed by atoms with Crippen LogP contribution in [0.4, 0.5) is 5.69 Å². The van der Waals surface area contributed by atoms with E-state index in [1.807, 2.05) is 24.5 Å². The molecule has 0 spiro atoms. The van der Waals surface area contributed by atoms with Crippen molar-refractivity contribution in [2.24, 2.45) is 0 Å². The highest BCUT2D eigenvalue weighted by atomic mass is 16.3. The molecule has 3 aromatic rings. The molecule has 0 bridgehead atoms. The minimum Gasteiger partial charge on any atom is -0.461 e. The lowest BCUT2D eigenvalue weighted by atomic mass is 10.2. The van der Waals surface area contributed by atoms with E-state index < -0.39 is 0 Å². The topological polar surface area (TPSA) is 45.7 Å². The smallest absolute Gasteiger partial charge is 0.180 e. The number of rotatable bonds is 2. The van der Waals surface area contributed by atoms with Crippen molar-refractivity contribution in [3.05, 3.63) is 42.9 Å². The predicted molar refractivity (Wildman–Crippen MR) is 78.0 cm³/mol. The quantitative estimate of drug-likeness (QED) is 0.772. The van der Waals surface area contributed by atoms with E-state index in [0.717, 1.165) is 43.3 Å². The van der Waals surface area contributed by atoms with Gasteiger partial charge < -0.3 is 14.6 Å². The number of anilines is 1. The summed E-state index contributed by atoms with van der Waals surface area (Å²) in [4.78, 5) is 6.92. The molecule has 1 aliphatic rings. The lowest BCUT2D eigenvalue weighted by Gasteiger charge is -2.29. The first-order chi connectivity index (χ1) is 9.93. The van der Waals surface area contributed by atoms with Gasteiger partial charge in [-0.15, -0.1) is 0 Å². The van der Waals surface area contributed by atoms with Crippen molar-refractivity contribution in [2.75, 3.05) is 31.1 Å². The highest BCUT2D eigenvalue weighted by Gasteiger charge is 2.16. The molecule has 5 heteroatoms. The minimum absolute atomic E-state index is 0.794. The van der Waals surface area contributed by atoms with Crippen LogP contribution in [0.5, 0.6) is 0 Å². The zero-order valence-corrected chi connectivity index (χ0v) is 11.1. The number of furan rings is 1. The molecule has 0 saturated carbocycles. The maximum Gasteiger partial charge on any atom is 0.180 e. The number of pyridine rings is 1. The van der Waals surface area contributed by atoms with Gasteiger partial charge in [-0.2, -0.15) is 0 Å². The van der Waals surface area contributed by atoms with E-state index in [2.05, 4.69) is 31.7 Å². The van der Waals surface area contributed by atoms with Gasteiger partial charge in [-0.3, -0.25) is 4.40 Å². The zero-order valence-electron chi connectivity index (χ0n) is 11.1. The molecule has 0 radical (unpaired) electrons. The Morgan fingerprint density at radius 1 is 1.15 bits per heavy atom. The van der Waals surface area contributed by atoms with E-state index in [0.29, 0.717) is 0 Å². The fourth-order valence-corrected chi connectivity index (χ4v) is 2.77. The summed E-state index contributed by atoms with van der Waals surface area (Å²) in [6.07, 6.45) is 5.64. The van der Waals surface area contributed by atoms with Crippen molar-refractivity contribution in [1.82, 2.24) is 14.7 Å². The molecule has 1 saturated heterocycles. The van der Waals surface area contributed by atoms with Crippen LogP contribution in [0.3, 0.4) is 0 Å². The first-order valence-corrected chi connectivity index (χ1v) is 6.89. The Hall–Kier alpha value is -2.27. The van der Waals surface area contributed by atoms with Crippen LogP contribution >= 0.6 is 0 Å². The monoisotopic (exact) mass is 268 g/mol. The third kappa shape index (κ3) is 1.78. The van der Waals surface area contributed by atoms with Gasteiger partial charge in [-0.1, -0.05) is 0 Å². The summed E-state index contributed by atoms with van der Waals surface area (Å²) >= 11 is 0. The van der Waals surface area contributed by atoms with Crippen molar-refractivity contribution < 1.29 is 4.42 Å². The zero-order chi connectivity index (χ0) is 13.4. The molecule has 0 amide bonds. The molecule has 20 heavy (non-hydrogen) atoms. The van der Waals surface area contributed by atoms with Crippen molar-refractivity contribution in [2.45, 2.75) is 0 Å². The highest BCUT2D eigenvalue weighted by Crippen LogP contribution is 2.27. The highest BCUT2D eigenvalue weighted by molar-refractivity contribution is 5.75. The van der Waals surface area contributed by atoms with Gasteiger partial charge >= 0.3 is 0 Å². The molecule has 102 valence electrons. The lowest BCUT2D eigenvalue weighted by molar-refractivity contribution is 0.576. The molecule has 1 aliphatic heterocycles. The van der Waals surface area contributed by atoms with E-state index in [9.17, 15) is 0 Å². The Balaban J connectivity index is 1.83. The minimum atomic E-state index is 0.794. The van der Waals surface area contributed by atoms with E-state index in [1.54, 1.807) is 6.26 Å². The third-order valence-corrected chi connectivity index (χ3v) is 3.75. The largest absolute Gasteiger partial charge is 0.461 e. The molecule has 0 unspecified atom stereocenters. The summed E-state index contributed by atoms with van der Waals surface area (Å²) in [5.41, 5.74) is 2.36. The second-order valence-electron chi connectivity index (χ2n) is 4.94. The van der Waals surface area contributed by atoms with Gasteiger partial charge in [-0.05, 0) is 24.3 Å². The van der Waals surface area contributed by atoms with Crippen LogP contribution < -0.4 is 10.2 Å². The van der Waals surface area contributed by atoms with Crippen LogP contribution in [-0.2, 0) is 0 Å². The Kier molecular flexibility index (Phi) is 2.70. The van der Waals surface area contributed by atoms with Gasteiger partial charge in [0.1, 0.15) is 0 Å². The fourth-order valence-electron chi connectivity index (χ4n) is 2.77. The molecule has 0 aliphatic carbocycles. The first kappa shape index (κ1) is 11.5. The van der Waals surface area contributed by atoms with Crippen LogP contribution in [0.15, 0.2) is 47.3 Å². The van der Waals surface area contributed by atoms with Crippen LogP contribution in [0.1, 0.15) is 0 Å². The van der Waals surface area contributed by atoms with Gasteiger partial charge in [0.15, 0.2) is 11.6 Å². The van der Waals surface area contributed by atoms with Gasteiger partial charge in [0.25, 0.3) is 0 Å². The first-order valence-electron chi connectivity index (χ1n) is 6.89. The second kappa shape index (κ2) is 4.68. The Bertz CT molecular complexity index is 711. The number of hydrogen-bond donors (Lipinski definition) is 1. The van der Waals surface area contributed by atoms with Crippen LogP contribution in [0, 0.1) is 0 Å². The van der Waals surface area contributed by atoms with Crippen molar-refractivity contribution in [3.63, 3.8) is 0 Å². The summed E-state index contributed by atoms with van der Waals surface area (Å²) in [5.74, 6) is 1.64. The number of hydrogen-bond acceptors (Lipinski definition) is 4.